The first-order valence-corrected chi connectivity index (χ1v) is 8.00. The maximum atomic E-state index is 12.2. The third-order valence-corrected chi connectivity index (χ3v) is 4.28. The summed E-state index contributed by atoms with van der Waals surface area (Å²) in [7, 11) is 0. The van der Waals surface area contributed by atoms with Crippen LogP contribution in [0.1, 0.15) is 21.5 Å². The summed E-state index contributed by atoms with van der Waals surface area (Å²) in [5, 5.41) is 10.9. The molecule has 0 saturated carbocycles. The lowest BCUT2D eigenvalue weighted by Gasteiger charge is -2.10. The molecule has 3 aromatic rings. The first-order chi connectivity index (χ1) is 11.9. The maximum absolute atomic E-state index is 12.2. The Kier molecular flexibility index (Phi) is 4.70. The lowest BCUT2D eigenvalue weighted by atomic mass is 10.1. The standard InChI is InChI=1S/C18H12Cl2O5/c1-9-15(21)5-4-12-10(6-16(22)25-17(9)12)8-24-18(23)13-3-2-11(19)7-14(13)20/h2-7,21H,8H2,1H3. The lowest BCUT2D eigenvalue weighted by Crippen LogP contribution is -2.08. The van der Waals surface area contributed by atoms with Crippen LogP contribution in [-0.4, -0.2) is 11.1 Å². The number of aromatic hydroxyl groups is 1. The van der Waals surface area contributed by atoms with Crippen LogP contribution in [0.3, 0.4) is 0 Å². The van der Waals surface area contributed by atoms with Gasteiger partial charge in [-0.1, -0.05) is 23.2 Å². The Morgan fingerprint density at radius 2 is 1.96 bits per heavy atom. The molecule has 7 heteroatoms. The molecule has 0 atom stereocenters. The molecule has 0 spiro atoms. The van der Waals surface area contributed by atoms with E-state index >= 15 is 0 Å². The average molecular weight is 379 g/mol. The zero-order chi connectivity index (χ0) is 18.1. The molecule has 1 heterocycles. The van der Waals surface area contributed by atoms with Crippen molar-refractivity contribution in [2.45, 2.75) is 13.5 Å². The molecule has 0 unspecified atom stereocenters. The Hall–Kier alpha value is -2.50. The summed E-state index contributed by atoms with van der Waals surface area (Å²) in [6.07, 6.45) is 0. The summed E-state index contributed by atoms with van der Waals surface area (Å²) in [5.74, 6) is -0.628. The number of hydrogen-bond donors (Lipinski definition) is 1. The Morgan fingerprint density at radius 1 is 1.20 bits per heavy atom. The van der Waals surface area contributed by atoms with Crippen LogP contribution in [0.25, 0.3) is 11.0 Å². The number of ether oxygens (including phenoxy) is 1. The quantitative estimate of drug-likeness (QED) is 0.537. The minimum atomic E-state index is -0.640. The fourth-order valence-corrected chi connectivity index (χ4v) is 2.90. The van der Waals surface area contributed by atoms with E-state index in [0.29, 0.717) is 21.5 Å². The first kappa shape index (κ1) is 17.3. The monoisotopic (exact) mass is 378 g/mol. The van der Waals surface area contributed by atoms with E-state index in [0.717, 1.165) is 0 Å². The highest BCUT2D eigenvalue weighted by Crippen LogP contribution is 2.28. The zero-order valence-electron chi connectivity index (χ0n) is 13.0. The average Bonchev–Trinajstić information content (AvgIpc) is 2.56. The molecule has 1 N–H and O–H groups in total. The summed E-state index contributed by atoms with van der Waals surface area (Å²) >= 11 is 11.8. The summed E-state index contributed by atoms with van der Waals surface area (Å²) in [4.78, 5) is 24.0. The van der Waals surface area contributed by atoms with Gasteiger partial charge in [-0.15, -0.1) is 0 Å². The highest BCUT2D eigenvalue weighted by atomic mass is 35.5. The van der Waals surface area contributed by atoms with Gasteiger partial charge in [-0.05, 0) is 37.3 Å². The third-order valence-electron chi connectivity index (χ3n) is 3.73. The summed E-state index contributed by atoms with van der Waals surface area (Å²) in [6.45, 7) is 1.48. The molecule has 0 aliphatic heterocycles. The van der Waals surface area contributed by atoms with Crippen LogP contribution in [-0.2, 0) is 11.3 Å². The van der Waals surface area contributed by atoms with Crippen LogP contribution in [0.5, 0.6) is 5.75 Å². The maximum Gasteiger partial charge on any atom is 0.339 e. The Bertz CT molecular complexity index is 1040. The molecular formula is C18H12Cl2O5. The molecule has 0 aliphatic carbocycles. The molecule has 0 aliphatic rings. The predicted octanol–water partition coefficient (Wildman–Crippen LogP) is 4.47. The number of fused-ring (bicyclic) bond motifs is 1. The van der Waals surface area contributed by atoms with Crippen molar-refractivity contribution < 1.29 is 19.1 Å². The number of rotatable bonds is 3. The number of phenolic OH excluding ortho intramolecular Hbond substituents is 1. The molecule has 0 radical (unpaired) electrons. The molecular weight excluding hydrogens is 367 g/mol. The predicted molar refractivity (Wildman–Crippen MR) is 94.5 cm³/mol. The third kappa shape index (κ3) is 3.48. The summed E-state index contributed by atoms with van der Waals surface area (Å²) < 4.78 is 10.4. The Balaban J connectivity index is 1.92. The van der Waals surface area contributed by atoms with Gasteiger partial charge >= 0.3 is 11.6 Å². The van der Waals surface area contributed by atoms with Crippen LogP contribution in [0.15, 0.2) is 45.6 Å². The number of phenols is 1. The summed E-state index contributed by atoms with van der Waals surface area (Å²) in [5.41, 5.74) is 0.725. The van der Waals surface area contributed by atoms with E-state index in [1.165, 1.54) is 30.3 Å². The zero-order valence-corrected chi connectivity index (χ0v) is 14.5. The second-order valence-corrected chi connectivity index (χ2v) is 6.22. The summed E-state index contributed by atoms with van der Waals surface area (Å²) in [6, 6.07) is 8.77. The van der Waals surface area contributed by atoms with Gasteiger partial charge in [0.25, 0.3) is 0 Å². The smallest absolute Gasteiger partial charge is 0.339 e. The van der Waals surface area contributed by atoms with Gasteiger partial charge in [0.2, 0.25) is 0 Å². The van der Waals surface area contributed by atoms with Crippen molar-refractivity contribution in [3.8, 4) is 5.75 Å². The van der Waals surface area contributed by atoms with Crippen molar-refractivity contribution in [1.82, 2.24) is 0 Å². The van der Waals surface area contributed by atoms with Gasteiger partial charge in [0.05, 0.1) is 10.6 Å². The second-order valence-electron chi connectivity index (χ2n) is 5.38. The van der Waals surface area contributed by atoms with Crippen LogP contribution in [0.2, 0.25) is 10.0 Å². The molecule has 5 nitrogen and oxygen atoms in total. The number of hydrogen-bond acceptors (Lipinski definition) is 5. The SMILES string of the molecule is Cc1c(O)ccc2c(COC(=O)c3ccc(Cl)cc3Cl)cc(=O)oc12. The topological polar surface area (TPSA) is 76.7 Å². The Labute approximate surface area is 152 Å². The van der Waals surface area contributed by atoms with Crippen LogP contribution < -0.4 is 5.63 Å². The normalized spacial score (nSPS) is 10.8. The van der Waals surface area contributed by atoms with Crippen molar-refractivity contribution in [3.05, 3.63) is 73.6 Å². The highest BCUT2D eigenvalue weighted by molar-refractivity contribution is 6.36. The van der Waals surface area contributed by atoms with Gasteiger partial charge in [-0.3, -0.25) is 0 Å². The molecule has 128 valence electrons. The van der Waals surface area contributed by atoms with E-state index in [1.54, 1.807) is 13.0 Å². The molecule has 0 amide bonds. The second kappa shape index (κ2) is 6.78. The van der Waals surface area contributed by atoms with Gasteiger partial charge in [0, 0.05) is 27.6 Å². The van der Waals surface area contributed by atoms with Gasteiger partial charge < -0.3 is 14.3 Å². The van der Waals surface area contributed by atoms with Gasteiger partial charge in [0.1, 0.15) is 17.9 Å². The number of benzene rings is 2. The van der Waals surface area contributed by atoms with E-state index in [2.05, 4.69) is 0 Å². The van der Waals surface area contributed by atoms with E-state index in [9.17, 15) is 14.7 Å². The van der Waals surface area contributed by atoms with Crippen LogP contribution >= 0.6 is 23.2 Å². The fraction of sp³-hybridized carbons (Fsp3) is 0.111. The molecule has 0 bridgehead atoms. The van der Waals surface area contributed by atoms with Crippen molar-refractivity contribution in [1.29, 1.82) is 0 Å². The molecule has 25 heavy (non-hydrogen) atoms. The fourth-order valence-electron chi connectivity index (χ4n) is 2.41. The number of halogens is 2. The van der Waals surface area contributed by atoms with Crippen molar-refractivity contribution in [2.75, 3.05) is 0 Å². The molecule has 0 fully saturated rings. The minimum absolute atomic E-state index is 0.0118. The van der Waals surface area contributed by atoms with Gasteiger partial charge in [0.15, 0.2) is 0 Å². The van der Waals surface area contributed by atoms with Crippen LogP contribution in [0.4, 0.5) is 0 Å². The number of esters is 1. The largest absolute Gasteiger partial charge is 0.508 e. The van der Waals surface area contributed by atoms with Crippen LogP contribution in [0, 0.1) is 6.92 Å². The molecule has 1 aromatic heterocycles. The number of aryl methyl sites for hydroxylation is 1. The van der Waals surface area contributed by atoms with E-state index in [4.69, 9.17) is 32.4 Å². The van der Waals surface area contributed by atoms with Crippen molar-refractivity contribution >= 4 is 40.1 Å². The van der Waals surface area contributed by atoms with Gasteiger partial charge in [-0.2, -0.15) is 0 Å². The van der Waals surface area contributed by atoms with E-state index < -0.39 is 11.6 Å². The van der Waals surface area contributed by atoms with Crippen molar-refractivity contribution in [2.24, 2.45) is 0 Å². The highest BCUT2D eigenvalue weighted by Gasteiger charge is 2.15. The molecule has 0 saturated heterocycles. The lowest BCUT2D eigenvalue weighted by molar-refractivity contribution is 0.0474. The van der Waals surface area contributed by atoms with E-state index in [1.807, 2.05) is 0 Å². The van der Waals surface area contributed by atoms with Crippen molar-refractivity contribution in [3.63, 3.8) is 0 Å². The first-order valence-electron chi connectivity index (χ1n) is 7.24. The van der Waals surface area contributed by atoms with E-state index in [-0.39, 0.29) is 28.5 Å². The molecule has 3 rings (SSSR count). The number of carbonyl (C=O) groups excluding carboxylic acids is 1. The Morgan fingerprint density at radius 3 is 2.68 bits per heavy atom. The number of carbonyl (C=O) groups is 1. The molecule has 2 aromatic carbocycles. The minimum Gasteiger partial charge on any atom is -0.508 e. The van der Waals surface area contributed by atoms with Gasteiger partial charge in [-0.25, -0.2) is 9.59 Å².